The molecule has 2 amide bonds. The smallest absolute Gasteiger partial charge is 0.264 e. The van der Waals surface area contributed by atoms with Crippen molar-refractivity contribution in [3.8, 4) is 11.5 Å². The van der Waals surface area contributed by atoms with E-state index in [0.29, 0.717) is 11.5 Å². The molecular weight excluding hydrogens is 366 g/mol. The molecule has 2 rings (SSSR count). The molecule has 2 aromatic carbocycles. The van der Waals surface area contributed by atoms with Gasteiger partial charge in [0.25, 0.3) is 5.91 Å². The van der Waals surface area contributed by atoms with Crippen LogP contribution in [0.3, 0.4) is 0 Å². The van der Waals surface area contributed by atoms with Crippen LogP contribution in [0, 0.1) is 6.92 Å². The van der Waals surface area contributed by atoms with Crippen LogP contribution in [0.5, 0.6) is 11.5 Å². The normalized spacial score (nSPS) is 9.85. The number of hydrogen-bond acceptors (Lipinski definition) is 5. The van der Waals surface area contributed by atoms with Gasteiger partial charge in [-0.25, -0.2) is 0 Å². The first kappa shape index (κ1) is 20.2. The molecule has 0 atom stereocenters. The predicted molar refractivity (Wildman–Crippen MR) is 105 cm³/mol. The predicted octanol–water partition coefficient (Wildman–Crippen LogP) is 1.65. The van der Waals surface area contributed by atoms with E-state index in [4.69, 9.17) is 21.7 Å². The number of thiocarbonyl (C=S) groups is 1. The van der Waals surface area contributed by atoms with E-state index < -0.39 is 5.91 Å². The van der Waals surface area contributed by atoms with Gasteiger partial charge < -0.3 is 9.47 Å². The Bertz CT molecular complexity index is 809. The number of hydrazine groups is 1. The van der Waals surface area contributed by atoms with Crippen molar-refractivity contribution in [2.24, 2.45) is 0 Å². The van der Waals surface area contributed by atoms with Gasteiger partial charge in [-0.15, -0.1) is 0 Å². The molecule has 0 heterocycles. The Morgan fingerprint density at radius 2 is 1.74 bits per heavy atom. The minimum absolute atomic E-state index is 0.0177. The second-order valence-electron chi connectivity index (χ2n) is 5.68. The maximum absolute atomic E-state index is 11.9. The first-order chi connectivity index (χ1) is 13.0. The highest BCUT2D eigenvalue weighted by molar-refractivity contribution is 7.80. The van der Waals surface area contributed by atoms with E-state index in [9.17, 15) is 9.59 Å². The molecule has 0 radical (unpaired) electrons. The summed E-state index contributed by atoms with van der Waals surface area (Å²) in [5.74, 6) is 0.581. The summed E-state index contributed by atoms with van der Waals surface area (Å²) in [7, 11) is 1.58. The molecular formula is C19H21N3O4S. The van der Waals surface area contributed by atoms with Gasteiger partial charge in [-0.1, -0.05) is 24.3 Å². The molecule has 2 aromatic rings. The van der Waals surface area contributed by atoms with Crippen LogP contribution >= 0.6 is 12.2 Å². The number of benzene rings is 2. The number of nitrogens with one attached hydrogen (secondary N) is 3. The minimum atomic E-state index is -0.432. The fourth-order valence-corrected chi connectivity index (χ4v) is 2.31. The van der Waals surface area contributed by atoms with Gasteiger partial charge in [0, 0.05) is 0 Å². The van der Waals surface area contributed by atoms with E-state index >= 15 is 0 Å². The molecule has 0 fully saturated rings. The van der Waals surface area contributed by atoms with Crippen LogP contribution in [-0.2, 0) is 16.0 Å². The molecule has 3 N–H and O–H groups in total. The molecule has 0 aromatic heterocycles. The molecule has 0 aliphatic rings. The average Bonchev–Trinajstić information content (AvgIpc) is 2.65. The van der Waals surface area contributed by atoms with Gasteiger partial charge in [-0.3, -0.25) is 25.8 Å². The van der Waals surface area contributed by atoms with Crippen LogP contribution < -0.4 is 25.6 Å². The Hall–Kier alpha value is -3.13. The van der Waals surface area contributed by atoms with Crippen LogP contribution in [0.1, 0.15) is 11.1 Å². The first-order valence-electron chi connectivity index (χ1n) is 8.17. The lowest BCUT2D eigenvalue weighted by atomic mass is 10.1. The third-order valence-corrected chi connectivity index (χ3v) is 3.66. The Morgan fingerprint density at radius 3 is 2.41 bits per heavy atom. The lowest BCUT2D eigenvalue weighted by Gasteiger charge is -2.11. The monoisotopic (exact) mass is 387 g/mol. The van der Waals surface area contributed by atoms with Crippen molar-refractivity contribution < 1.29 is 19.1 Å². The summed E-state index contributed by atoms with van der Waals surface area (Å²) in [6.07, 6.45) is 0.157. The summed E-state index contributed by atoms with van der Waals surface area (Å²) in [6.45, 7) is 1.74. The van der Waals surface area contributed by atoms with Crippen LogP contribution in [0.25, 0.3) is 0 Å². The van der Waals surface area contributed by atoms with Crippen molar-refractivity contribution in [1.29, 1.82) is 0 Å². The highest BCUT2D eigenvalue weighted by Crippen LogP contribution is 2.12. The fraction of sp³-hybridized carbons (Fsp3) is 0.211. The summed E-state index contributed by atoms with van der Waals surface area (Å²) >= 11 is 4.97. The summed E-state index contributed by atoms with van der Waals surface area (Å²) in [5.41, 5.74) is 6.76. The third kappa shape index (κ3) is 7.33. The molecule has 0 spiro atoms. The molecule has 142 valence electrons. The molecule has 0 aliphatic carbocycles. The second kappa shape index (κ2) is 10.1. The van der Waals surface area contributed by atoms with E-state index in [1.54, 1.807) is 37.4 Å². The van der Waals surface area contributed by atoms with Gasteiger partial charge in [0.1, 0.15) is 11.5 Å². The van der Waals surface area contributed by atoms with Crippen LogP contribution in [0.4, 0.5) is 0 Å². The van der Waals surface area contributed by atoms with Crippen molar-refractivity contribution in [3.63, 3.8) is 0 Å². The molecule has 0 saturated heterocycles. The number of methoxy groups -OCH3 is 1. The van der Waals surface area contributed by atoms with Gasteiger partial charge >= 0.3 is 0 Å². The lowest BCUT2D eigenvalue weighted by Crippen LogP contribution is -2.49. The van der Waals surface area contributed by atoms with Crippen molar-refractivity contribution in [2.75, 3.05) is 13.7 Å². The Kier molecular flexibility index (Phi) is 7.57. The number of carbonyl (C=O) groups is 2. The molecule has 0 unspecified atom stereocenters. The molecule has 27 heavy (non-hydrogen) atoms. The lowest BCUT2D eigenvalue weighted by molar-refractivity contribution is -0.122. The Balaban J connectivity index is 1.68. The molecule has 0 bridgehead atoms. The number of aryl methyl sites for hydroxylation is 1. The molecule has 7 nitrogen and oxygen atoms in total. The van der Waals surface area contributed by atoms with Crippen LogP contribution in [0.2, 0.25) is 0 Å². The standard InChI is InChI=1S/C19H21N3O4S/c1-13-4-3-5-16(10-13)26-12-18(24)20-19(27)22-21-17(23)11-14-6-8-15(25-2)9-7-14/h3-10H,11-12H2,1-2H3,(H,21,23)(H2,20,22,24,27). The maximum Gasteiger partial charge on any atom is 0.264 e. The number of rotatable bonds is 6. The zero-order valence-corrected chi connectivity index (χ0v) is 15.9. The zero-order valence-electron chi connectivity index (χ0n) is 15.1. The van der Waals surface area contributed by atoms with E-state index in [0.717, 1.165) is 11.1 Å². The molecule has 0 saturated carbocycles. The second-order valence-corrected chi connectivity index (χ2v) is 6.09. The number of ether oxygens (including phenoxy) is 2. The van der Waals surface area contributed by atoms with Crippen molar-refractivity contribution in [1.82, 2.24) is 16.2 Å². The summed E-state index contributed by atoms with van der Waals surface area (Å²) in [4.78, 5) is 23.7. The zero-order chi connectivity index (χ0) is 19.6. The SMILES string of the molecule is COc1ccc(CC(=O)NNC(=S)NC(=O)COc2cccc(C)c2)cc1. The van der Waals surface area contributed by atoms with Crippen molar-refractivity contribution in [3.05, 3.63) is 59.7 Å². The van der Waals surface area contributed by atoms with Crippen LogP contribution in [0.15, 0.2) is 48.5 Å². The Morgan fingerprint density at radius 1 is 1.00 bits per heavy atom. The Labute approximate surface area is 163 Å². The van der Waals surface area contributed by atoms with Gasteiger partial charge in [0.15, 0.2) is 11.7 Å². The van der Waals surface area contributed by atoms with E-state index in [1.165, 1.54) is 0 Å². The highest BCUT2D eigenvalue weighted by atomic mass is 32.1. The largest absolute Gasteiger partial charge is 0.497 e. The average molecular weight is 387 g/mol. The van der Waals surface area contributed by atoms with E-state index in [2.05, 4.69) is 16.2 Å². The number of carbonyl (C=O) groups excluding carboxylic acids is 2. The van der Waals surface area contributed by atoms with E-state index in [1.807, 2.05) is 25.1 Å². The summed E-state index contributed by atoms with van der Waals surface area (Å²) in [6, 6.07) is 14.5. The van der Waals surface area contributed by atoms with Crippen LogP contribution in [-0.4, -0.2) is 30.6 Å². The third-order valence-electron chi connectivity index (χ3n) is 3.45. The van der Waals surface area contributed by atoms with Gasteiger partial charge in [-0.05, 0) is 54.5 Å². The van der Waals surface area contributed by atoms with Gasteiger partial charge in [-0.2, -0.15) is 0 Å². The van der Waals surface area contributed by atoms with E-state index in [-0.39, 0.29) is 24.0 Å². The quantitative estimate of drug-likeness (QED) is 0.516. The summed E-state index contributed by atoms with van der Waals surface area (Å²) in [5, 5.41) is 2.41. The number of hydrogen-bond donors (Lipinski definition) is 3. The van der Waals surface area contributed by atoms with Crippen molar-refractivity contribution in [2.45, 2.75) is 13.3 Å². The first-order valence-corrected chi connectivity index (χ1v) is 8.58. The minimum Gasteiger partial charge on any atom is -0.497 e. The van der Waals surface area contributed by atoms with Crippen molar-refractivity contribution >= 4 is 29.1 Å². The van der Waals surface area contributed by atoms with Gasteiger partial charge in [0.05, 0.1) is 13.5 Å². The summed E-state index contributed by atoms with van der Waals surface area (Å²) < 4.78 is 10.4. The highest BCUT2D eigenvalue weighted by Gasteiger charge is 2.08. The molecule has 0 aliphatic heterocycles. The fourth-order valence-electron chi connectivity index (χ4n) is 2.15. The maximum atomic E-state index is 11.9. The number of amides is 2. The molecule has 8 heteroatoms. The topological polar surface area (TPSA) is 88.7 Å². The van der Waals surface area contributed by atoms with Gasteiger partial charge in [0.2, 0.25) is 5.91 Å².